The molecule has 0 radical (unpaired) electrons. The molecule has 1 saturated carbocycles. The van der Waals surface area contributed by atoms with Crippen LogP contribution in [0.2, 0.25) is 0 Å². The number of benzene rings is 1. The Balaban J connectivity index is 1.46. The number of hydrogen-bond donors (Lipinski definition) is 1. The van der Waals surface area contributed by atoms with Gasteiger partial charge in [0.25, 0.3) is 0 Å². The molecule has 1 saturated heterocycles. The lowest BCUT2D eigenvalue weighted by molar-refractivity contribution is 0.0537. The molecule has 34 heavy (non-hydrogen) atoms. The predicted octanol–water partition coefficient (Wildman–Crippen LogP) is 4.99. The van der Waals surface area contributed by atoms with Crippen LogP contribution >= 0.6 is 0 Å². The normalized spacial score (nSPS) is 17.0. The SMILES string of the molecule is C=N/C(=C\C=C(/C)N1CCOCC1)Nc1cc(-c2ccc(OCC3CCC3)c(C#N)c2)ccn1. The molecule has 1 aliphatic carbocycles. The zero-order valence-corrected chi connectivity index (χ0v) is 19.7. The van der Waals surface area contributed by atoms with E-state index in [4.69, 9.17) is 9.47 Å². The first-order valence-electron chi connectivity index (χ1n) is 11.7. The van der Waals surface area contributed by atoms with Crippen LogP contribution in [-0.4, -0.2) is 49.5 Å². The highest BCUT2D eigenvalue weighted by Crippen LogP contribution is 2.30. The Hall–Kier alpha value is -3.63. The highest BCUT2D eigenvalue weighted by atomic mass is 16.5. The van der Waals surface area contributed by atoms with E-state index in [1.54, 1.807) is 6.20 Å². The van der Waals surface area contributed by atoms with Crippen LogP contribution in [0.3, 0.4) is 0 Å². The summed E-state index contributed by atoms with van der Waals surface area (Å²) in [5.74, 6) is 2.52. The molecule has 7 nitrogen and oxygen atoms in total. The van der Waals surface area contributed by atoms with Crippen LogP contribution in [-0.2, 0) is 4.74 Å². The summed E-state index contributed by atoms with van der Waals surface area (Å²) >= 11 is 0. The standard InChI is InChI=1S/C27H31N5O2/c1-20(32-12-14-33-15-13-32)6-9-26(29-2)31-27-17-23(10-11-30-27)22-7-8-25(24(16-22)18-28)34-19-21-4-3-5-21/h6-11,16-17,21H,2-5,12-15,19H2,1H3,(H,30,31)/b20-6+,26-9+. The molecule has 0 spiro atoms. The van der Waals surface area contributed by atoms with Crippen LogP contribution in [0.4, 0.5) is 5.82 Å². The fourth-order valence-corrected chi connectivity index (χ4v) is 3.95. The number of allylic oxidation sites excluding steroid dienone is 3. The van der Waals surface area contributed by atoms with E-state index < -0.39 is 0 Å². The van der Waals surface area contributed by atoms with Crippen molar-refractivity contribution in [2.24, 2.45) is 10.9 Å². The van der Waals surface area contributed by atoms with Gasteiger partial charge in [0.05, 0.1) is 25.4 Å². The summed E-state index contributed by atoms with van der Waals surface area (Å²) in [5.41, 5.74) is 3.57. The van der Waals surface area contributed by atoms with Gasteiger partial charge in [0, 0.05) is 25.0 Å². The van der Waals surface area contributed by atoms with Gasteiger partial charge in [0.1, 0.15) is 23.5 Å². The van der Waals surface area contributed by atoms with Crippen molar-refractivity contribution in [2.75, 3.05) is 38.2 Å². The van der Waals surface area contributed by atoms with Gasteiger partial charge in [-0.1, -0.05) is 12.5 Å². The minimum Gasteiger partial charge on any atom is -0.492 e. The lowest BCUT2D eigenvalue weighted by atomic mass is 9.86. The fraction of sp³-hybridized carbons (Fsp3) is 0.370. The van der Waals surface area contributed by atoms with Gasteiger partial charge in [-0.3, -0.25) is 0 Å². The Labute approximate surface area is 201 Å². The summed E-state index contributed by atoms with van der Waals surface area (Å²) in [7, 11) is 0. The maximum Gasteiger partial charge on any atom is 0.137 e. The van der Waals surface area contributed by atoms with Gasteiger partial charge in [-0.2, -0.15) is 5.26 Å². The van der Waals surface area contributed by atoms with Crippen molar-refractivity contribution in [1.29, 1.82) is 5.26 Å². The molecule has 1 N–H and O–H groups in total. The Morgan fingerprint density at radius 3 is 2.76 bits per heavy atom. The Kier molecular flexibility index (Phi) is 7.95. The molecule has 2 fully saturated rings. The van der Waals surface area contributed by atoms with E-state index in [1.165, 1.54) is 19.3 Å². The molecule has 0 amide bonds. The number of morpholine rings is 1. The lowest BCUT2D eigenvalue weighted by Crippen LogP contribution is -2.34. The number of nitriles is 1. The van der Waals surface area contributed by atoms with Gasteiger partial charge in [-0.25, -0.2) is 9.98 Å². The molecule has 2 heterocycles. The van der Waals surface area contributed by atoms with E-state index in [0.29, 0.717) is 35.5 Å². The van der Waals surface area contributed by atoms with Crippen LogP contribution in [0, 0.1) is 17.2 Å². The molecular formula is C27H31N5O2. The van der Waals surface area contributed by atoms with Crippen LogP contribution < -0.4 is 10.1 Å². The topological polar surface area (TPSA) is 82.8 Å². The monoisotopic (exact) mass is 457 g/mol. The van der Waals surface area contributed by atoms with Crippen molar-refractivity contribution in [1.82, 2.24) is 9.88 Å². The molecular weight excluding hydrogens is 426 g/mol. The Bertz CT molecular complexity index is 1110. The molecule has 0 atom stereocenters. The first-order chi connectivity index (χ1) is 16.7. The Morgan fingerprint density at radius 2 is 2.06 bits per heavy atom. The third kappa shape index (κ3) is 6.03. The average Bonchev–Trinajstić information content (AvgIpc) is 2.86. The zero-order valence-electron chi connectivity index (χ0n) is 19.7. The second kappa shape index (κ2) is 11.5. The van der Waals surface area contributed by atoms with Crippen molar-refractivity contribution in [2.45, 2.75) is 26.2 Å². The van der Waals surface area contributed by atoms with E-state index in [2.05, 4.69) is 39.9 Å². The molecule has 1 aliphatic heterocycles. The largest absolute Gasteiger partial charge is 0.492 e. The lowest BCUT2D eigenvalue weighted by Gasteiger charge is -2.29. The summed E-state index contributed by atoms with van der Waals surface area (Å²) < 4.78 is 11.3. The zero-order chi connectivity index (χ0) is 23.8. The third-order valence-corrected chi connectivity index (χ3v) is 6.31. The second-order valence-electron chi connectivity index (χ2n) is 8.60. The number of ether oxygens (including phenoxy) is 2. The number of pyridine rings is 1. The number of nitrogens with one attached hydrogen (secondary N) is 1. The fourth-order valence-electron chi connectivity index (χ4n) is 3.95. The molecule has 2 aromatic rings. The number of hydrogen-bond acceptors (Lipinski definition) is 7. The van der Waals surface area contributed by atoms with Gasteiger partial charge >= 0.3 is 0 Å². The van der Waals surface area contributed by atoms with Gasteiger partial charge in [0.15, 0.2) is 0 Å². The summed E-state index contributed by atoms with van der Waals surface area (Å²) in [6, 6.07) is 11.9. The van der Waals surface area contributed by atoms with Crippen LogP contribution in [0.5, 0.6) is 5.75 Å². The van der Waals surface area contributed by atoms with Crippen LogP contribution in [0.25, 0.3) is 11.1 Å². The minimum atomic E-state index is 0.542. The third-order valence-electron chi connectivity index (χ3n) is 6.31. The van der Waals surface area contributed by atoms with Crippen LogP contribution in [0.1, 0.15) is 31.7 Å². The van der Waals surface area contributed by atoms with Gasteiger partial charge in [0.2, 0.25) is 0 Å². The van der Waals surface area contributed by atoms with E-state index >= 15 is 0 Å². The van der Waals surface area contributed by atoms with Crippen LogP contribution in [0.15, 0.2) is 65.2 Å². The quantitative estimate of drug-likeness (QED) is 0.422. The van der Waals surface area contributed by atoms with E-state index in [0.717, 1.165) is 43.1 Å². The van der Waals surface area contributed by atoms with Gasteiger partial charge in [-0.05, 0) is 79.9 Å². The number of aromatic nitrogens is 1. The molecule has 7 heteroatoms. The number of aliphatic imine (C=N–C) groups is 1. The van der Waals surface area contributed by atoms with Crippen molar-refractivity contribution >= 4 is 12.5 Å². The van der Waals surface area contributed by atoms with Crippen molar-refractivity contribution < 1.29 is 9.47 Å². The smallest absolute Gasteiger partial charge is 0.137 e. The first kappa shape index (κ1) is 23.5. The Morgan fingerprint density at radius 1 is 1.26 bits per heavy atom. The molecule has 176 valence electrons. The minimum absolute atomic E-state index is 0.542. The van der Waals surface area contributed by atoms with Crippen molar-refractivity contribution in [3.05, 3.63) is 65.8 Å². The first-order valence-corrected chi connectivity index (χ1v) is 11.7. The summed E-state index contributed by atoms with van der Waals surface area (Å²) in [6.45, 7) is 9.71. The number of anilines is 1. The van der Waals surface area contributed by atoms with Crippen molar-refractivity contribution in [3.8, 4) is 22.9 Å². The average molecular weight is 458 g/mol. The van der Waals surface area contributed by atoms with Gasteiger partial charge in [-0.15, -0.1) is 0 Å². The van der Waals surface area contributed by atoms with Gasteiger partial charge < -0.3 is 19.7 Å². The molecule has 2 aliphatic rings. The predicted molar refractivity (Wildman–Crippen MR) is 135 cm³/mol. The summed E-state index contributed by atoms with van der Waals surface area (Å²) in [5, 5.41) is 12.9. The maximum absolute atomic E-state index is 9.63. The molecule has 4 rings (SSSR count). The highest BCUT2D eigenvalue weighted by molar-refractivity contribution is 5.69. The summed E-state index contributed by atoms with van der Waals surface area (Å²) in [4.78, 5) is 10.8. The van der Waals surface area contributed by atoms with E-state index in [-0.39, 0.29) is 0 Å². The molecule has 0 unspecified atom stereocenters. The molecule has 1 aromatic carbocycles. The molecule has 0 bridgehead atoms. The second-order valence-corrected chi connectivity index (χ2v) is 8.60. The van der Waals surface area contributed by atoms with E-state index in [9.17, 15) is 5.26 Å². The molecule has 1 aromatic heterocycles. The summed E-state index contributed by atoms with van der Waals surface area (Å²) in [6.07, 6.45) is 9.36. The van der Waals surface area contributed by atoms with E-state index in [1.807, 2.05) is 42.5 Å². The maximum atomic E-state index is 9.63. The highest BCUT2D eigenvalue weighted by Gasteiger charge is 2.18. The number of nitrogens with zero attached hydrogens (tertiary/aromatic N) is 4. The van der Waals surface area contributed by atoms with Crippen molar-refractivity contribution in [3.63, 3.8) is 0 Å². The number of rotatable bonds is 9.